The number of hydrogen-bond donors (Lipinski definition) is 2. The van der Waals surface area contributed by atoms with E-state index in [1.54, 1.807) is 12.1 Å². The summed E-state index contributed by atoms with van der Waals surface area (Å²) in [5.41, 5.74) is 7.88. The molecule has 0 saturated carbocycles. The van der Waals surface area contributed by atoms with Crippen LogP contribution >= 0.6 is 12.2 Å². The van der Waals surface area contributed by atoms with Crippen molar-refractivity contribution in [3.63, 3.8) is 0 Å². The fourth-order valence-electron chi connectivity index (χ4n) is 2.98. The van der Waals surface area contributed by atoms with Crippen LogP contribution in [0.2, 0.25) is 0 Å². The molecule has 0 aliphatic heterocycles. The first-order valence-electron chi connectivity index (χ1n) is 9.86. The smallest absolute Gasteiger partial charge is 0.250 e. The van der Waals surface area contributed by atoms with Gasteiger partial charge in [-0.1, -0.05) is 36.5 Å². The third-order valence-electron chi connectivity index (χ3n) is 4.54. The van der Waals surface area contributed by atoms with Crippen molar-refractivity contribution in [3.05, 3.63) is 71.5 Å². The van der Waals surface area contributed by atoms with E-state index in [-0.39, 0.29) is 0 Å². The van der Waals surface area contributed by atoms with Gasteiger partial charge < -0.3 is 20.5 Å². The number of benzene rings is 1. The Morgan fingerprint density at radius 3 is 2.83 bits per heavy atom. The second kappa shape index (κ2) is 10.7. The molecule has 30 heavy (non-hydrogen) atoms. The minimum atomic E-state index is -0.529. The molecule has 1 aliphatic carbocycles. The van der Waals surface area contributed by atoms with Crippen LogP contribution in [0, 0.1) is 0 Å². The van der Waals surface area contributed by atoms with Gasteiger partial charge in [0, 0.05) is 30.1 Å². The molecule has 2 aromatic rings. The fraction of sp³-hybridized carbons (Fsp3) is 0.261. The first kappa shape index (κ1) is 21.7. The summed E-state index contributed by atoms with van der Waals surface area (Å²) < 4.78 is 11.6. The Hall–Kier alpha value is -3.03. The Labute approximate surface area is 181 Å². The zero-order valence-corrected chi connectivity index (χ0v) is 17.7. The highest BCUT2D eigenvalue weighted by atomic mass is 32.1. The topological polar surface area (TPSA) is 86.5 Å². The highest BCUT2D eigenvalue weighted by Gasteiger charge is 2.10. The molecule has 0 bridgehead atoms. The number of aromatic nitrogens is 1. The van der Waals surface area contributed by atoms with E-state index in [1.165, 1.54) is 11.8 Å². The van der Waals surface area contributed by atoms with Gasteiger partial charge in [0.25, 0.3) is 0 Å². The lowest BCUT2D eigenvalue weighted by molar-refractivity contribution is 0.1000. The van der Waals surface area contributed by atoms with Gasteiger partial charge in [-0.05, 0) is 49.2 Å². The number of nitrogens with one attached hydrogen (secondary N) is 1. The van der Waals surface area contributed by atoms with Crippen LogP contribution in [0.25, 0.3) is 0 Å². The third-order valence-corrected chi connectivity index (χ3v) is 4.97. The van der Waals surface area contributed by atoms with E-state index in [1.807, 2.05) is 25.1 Å². The van der Waals surface area contributed by atoms with E-state index < -0.39 is 5.91 Å². The van der Waals surface area contributed by atoms with Gasteiger partial charge in [-0.25, -0.2) is 4.98 Å². The van der Waals surface area contributed by atoms with Crippen LogP contribution in [0.1, 0.15) is 35.7 Å². The summed E-state index contributed by atoms with van der Waals surface area (Å²) in [5.74, 6) is 1.03. The molecule has 0 atom stereocenters. The first-order chi connectivity index (χ1) is 14.6. The monoisotopic (exact) mass is 423 g/mol. The number of pyridine rings is 1. The fourth-order valence-corrected chi connectivity index (χ4v) is 3.24. The lowest BCUT2D eigenvalue weighted by Gasteiger charge is -2.14. The molecular formula is C23H25N3O3S. The molecule has 7 heteroatoms. The molecule has 156 valence electrons. The molecule has 1 aliphatic rings. The van der Waals surface area contributed by atoms with Gasteiger partial charge in [0.2, 0.25) is 11.8 Å². The van der Waals surface area contributed by atoms with Gasteiger partial charge in [-0.2, -0.15) is 0 Å². The summed E-state index contributed by atoms with van der Waals surface area (Å²) in [4.78, 5) is 16.3. The molecule has 6 nitrogen and oxygen atoms in total. The Morgan fingerprint density at radius 1 is 1.27 bits per heavy atom. The van der Waals surface area contributed by atoms with Crippen molar-refractivity contribution in [2.24, 2.45) is 5.73 Å². The van der Waals surface area contributed by atoms with Crippen molar-refractivity contribution < 1.29 is 14.3 Å². The molecule has 3 N–H and O–H groups in total. The minimum Gasteiger partial charge on any atom is -0.490 e. The van der Waals surface area contributed by atoms with E-state index in [4.69, 9.17) is 27.4 Å². The van der Waals surface area contributed by atoms with E-state index in [0.717, 1.165) is 29.8 Å². The largest absolute Gasteiger partial charge is 0.490 e. The van der Waals surface area contributed by atoms with Crippen molar-refractivity contribution in [2.75, 3.05) is 13.2 Å². The molecule has 1 aromatic carbocycles. The number of thiocarbonyl (C=S) groups is 1. The first-order valence-corrected chi connectivity index (χ1v) is 10.3. The summed E-state index contributed by atoms with van der Waals surface area (Å²) in [6.07, 6.45) is 9.40. The maximum absolute atomic E-state index is 11.2. The molecular weight excluding hydrogens is 398 g/mol. The Balaban J connectivity index is 1.60. The lowest BCUT2D eigenvalue weighted by atomic mass is 10.0. The van der Waals surface area contributed by atoms with Crippen LogP contribution < -0.4 is 20.5 Å². The Kier molecular flexibility index (Phi) is 7.70. The number of nitrogens with zero attached hydrogens (tertiary/aromatic N) is 1. The van der Waals surface area contributed by atoms with Crippen molar-refractivity contribution in [2.45, 2.75) is 26.3 Å². The number of carbonyl (C=O) groups is 1. The molecule has 1 aromatic heterocycles. The second-order valence-electron chi connectivity index (χ2n) is 6.74. The number of rotatable bonds is 10. The summed E-state index contributed by atoms with van der Waals surface area (Å²) in [5, 5.41) is 3.45. The van der Waals surface area contributed by atoms with Gasteiger partial charge in [-0.3, -0.25) is 4.79 Å². The number of carbonyl (C=O) groups excluding carboxylic acids is 1. The van der Waals surface area contributed by atoms with Crippen molar-refractivity contribution in [3.8, 4) is 17.4 Å². The molecule has 0 radical (unpaired) electrons. The molecule has 3 rings (SSSR count). The summed E-state index contributed by atoms with van der Waals surface area (Å²) >= 11 is 5.40. The highest BCUT2D eigenvalue weighted by molar-refractivity contribution is 7.80. The average molecular weight is 424 g/mol. The van der Waals surface area contributed by atoms with Gasteiger partial charge in [-0.15, -0.1) is 0 Å². The van der Waals surface area contributed by atoms with Gasteiger partial charge >= 0.3 is 0 Å². The lowest BCUT2D eigenvalue weighted by Crippen LogP contribution is -2.17. The summed E-state index contributed by atoms with van der Waals surface area (Å²) in [6, 6.07) is 8.97. The number of ether oxygens (including phenoxy) is 2. The third kappa shape index (κ3) is 5.98. The normalized spacial score (nSPS) is 13.1. The second-order valence-corrected chi connectivity index (χ2v) is 7.23. The number of amides is 1. The van der Waals surface area contributed by atoms with E-state index >= 15 is 0 Å². The van der Waals surface area contributed by atoms with Crippen LogP contribution in [0.4, 0.5) is 0 Å². The van der Waals surface area contributed by atoms with Crippen LogP contribution in [0.5, 0.6) is 17.4 Å². The van der Waals surface area contributed by atoms with Crippen LogP contribution in [-0.4, -0.2) is 28.9 Å². The van der Waals surface area contributed by atoms with Crippen molar-refractivity contribution in [1.82, 2.24) is 10.3 Å². The standard InChI is InChI=1S/C23H25N3O3S/c1-2-28-20-13-16(14-25-12-11-17-5-3-4-6-21(17)30)7-9-19(20)29-22-10-8-18(15-26-22)23(24)27/h3-5,7-10,13,15,25H,2,6,11-12,14H2,1H3,(H2,24,27). The van der Waals surface area contributed by atoms with Gasteiger partial charge in [0.15, 0.2) is 11.5 Å². The Bertz CT molecular complexity index is 968. The summed E-state index contributed by atoms with van der Waals surface area (Å²) in [7, 11) is 0. The van der Waals surface area contributed by atoms with Crippen molar-refractivity contribution >= 4 is 23.0 Å². The van der Waals surface area contributed by atoms with Crippen molar-refractivity contribution in [1.29, 1.82) is 0 Å². The predicted molar refractivity (Wildman–Crippen MR) is 121 cm³/mol. The number of hydrogen-bond acceptors (Lipinski definition) is 6. The molecule has 0 saturated heterocycles. The molecule has 0 spiro atoms. The van der Waals surface area contributed by atoms with Crippen LogP contribution in [0.3, 0.4) is 0 Å². The van der Waals surface area contributed by atoms with E-state index in [0.29, 0.717) is 36.1 Å². The SMILES string of the molecule is CCOc1cc(CNCCC2=CC=CCC2=S)ccc1Oc1ccc(C(N)=O)cn1. The predicted octanol–water partition coefficient (Wildman–Crippen LogP) is 4.11. The quantitative estimate of drug-likeness (QED) is 0.442. The maximum Gasteiger partial charge on any atom is 0.250 e. The average Bonchev–Trinajstić information content (AvgIpc) is 2.74. The van der Waals surface area contributed by atoms with E-state index in [9.17, 15) is 4.79 Å². The van der Waals surface area contributed by atoms with Crippen LogP contribution in [0.15, 0.2) is 60.3 Å². The molecule has 1 amide bonds. The number of primary amides is 1. The number of nitrogens with two attached hydrogens (primary N) is 1. The zero-order valence-electron chi connectivity index (χ0n) is 16.9. The molecule has 0 fully saturated rings. The minimum absolute atomic E-state index is 0.328. The summed E-state index contributed by atoms with van der Waals surface area (Å²) in [6.45, 7) is 3.99. The van der Waals surface area contributed by atoms with E-state index in [2.05, 4.69) is 28.5 Å². The highest BCUT2D eigenvalue weighted by Crippen LogP contribution is 2.32. The molecule has 0 unspecified atom stereocenters. The zero-order chi connectivity index (χ0) is 21.3. The van der Waals surface area contributed by atoms with Gasteiger partial charge in [0.1, 0.15) is 0 Å². The number of allylic oxidation sites excluding steroid dienone is 3. The molecule has 1 heterocycles. The van der Waals surface area contributed by atoms with Crippen LogP contribution in [-0.2, 0) is 6.54 Å². The maximum atomic E-state index is 11.2. The van der Waals surface area contributed by atoms with Gasteiger partial charge in [0.05, 0.1) is 12.2 Å². The Morgan fingerprint density at radius 2 is 2.13 bits per heavy atom.